The van der Waals surface area contributed by atoms with Gasteiger partial charge in [0, 0.05) is 18.5 Å². The predicted octanol–water partition coefficient (Wildman–Crippen LogP) is 2.92. The molecule has 0 bridgehead atoms. The largest absolute Gasteiger partial charge is 0.345 e. The van der Waals surface area contributed by atoms with Crippen molar-refractivity contribution < 1.29 is 4.79 Å². The average Bonchev–Trinajstić information content (AvgIpc) is 2.98. The van der Waals surface area contributed by atoms with Gasteiger partial charge < -0.3 is 10.2 Å². The van der Waals surface area contributed by atoms with Crippen molar-refractivity contribution in [1.29, 1.82) is 0 Å². The molecule has 0 radical (unpaired) electrons. The fourth-order valence-corrected chi connectivity index (χ4v) is 3.89. The number of nitrogens with zero attached hydrogens (tertiary/aromatic N) is 1. The van der Waals surface area contributed by atoms with Gasteiger partial charge in [-0.1, -0.05) is 19.4 Å². The molecule has 1 aliphatic heterocycles. The molecule has 0 spiro atoms. The molecule has 2 heterocycles. The third-order valence-electron chi connectivity index (χ3n) is 4.36. The van der Waals surface area contributed by atoms with E-state index in [-0.39, 0.29) is 5.41 Å². The fraction of sp³-hybridized carbons (Fsp3) is 0.688. The molecule has 112 valence electrons. The lowest BCUT2D eigenvalue weighted by molar-refractivity contribution is -0.143. The molecular weight excluding hydrogens is 268 g/mol. The Morgan fingerprint density at radius 2 is 2.20 bits per heavy atom. The van der Waals surface area contributed by atoms with Crippen LogP contribution in [0.5, 0.6) is 0 Å². The predicted molar refractivity (Wildman–Crippen MR) is 85.1 cm³/mol. The minimum absolute atomic E-state index is 0.107. The lowest BCUT2D eigenvalue weighted by Crippen LogP contribution is -2.48. The Balaban J connectivity index is 1.95. The van der Waals surface area contributed by atoms with Gasteiger partial charge in [-0.2, -0.15) is 0 Å². The van der Waals surface area contributed by atoms with Crippen molar-refractivity contribution in [3.63, 3.8) is 0 Å². The van der Waals surface area contributed by atoms with Crippen molar-refractivity contribution in [3.8, 4) is 0 Å². The number of piperidine rings is 1. The summed E-state index contributed by atoms with van der Waals surface area (Å²) in [7, 11) is 1.97. The molecule has 1 saturated heterocycles. The van der Waals surface area contributed by atoms with Crippen LogP contribution in [0.1, 0.15) is 37.5 Å². The molecule has 3 nitrogen and oxygen atoms in total. The quantitative estimate of drug-likeness (QED) is 0.875. The molecule has 1 N–H and O–H groups in total. The maximum atomic E-state index is 12.9. The Morgan fingerprint density at radius 1 is 1.45 bits per heavy atom. The van der Waals surface area contributed by atoms with Gasteiger partial charge in [-0.3, -0.25) is 4.79 Å². The first-order valence-electron chi connectivity index (χ1n) is 7.66. The Kier molecular flexibility index (Phi) is 5.61. The summed E-state index contributed by atoms with van der Waals surface area (Å²) in [6.07, 6.45) is 5.06. The normalized spacial score (nSPS) is 17.9. The SMILES string of the molecule is CCCC1(C(=O)N(C)CCc2cccs2)CCNCC1. The number of carbonyl (C=O) groups excluding carboxylic acids is 1. The van der Waals surface area contributed by atoms with Crippen LogP contribution in [0.4, 0.5) is 0 Å². The zero-order valence-electron chi connectivity index (χ0n) is 12.7. The van der Waals surface area contributed by atoms with Gasteiger partial charge in [0.2, 0.25) is 5.91 Å². The van der Waals surface area contributed by atoms with E-state index in [1.54, 1.807) is 11.3 Å². The van der Waals surface area contributed by atoms with E-state index in [9.17, 15) is 4.79 Å². The van der Waals surface area contributed by atoms with Gasteiger partial charge >= 0.3 is 0 Å². The number of rotatable bonds is 6. The Hall–Kier alpha value is -0.870. The van der Waals surface area contributed by atoms with Gasteiger partial charge in [0.1, 0.15) is 0 Å². The second kappa shape index (κ2) is 7.23. The van der Waals surface area contributed by atoms with Crippen LogP contribution < -0.4 is 5.32 Å². The lowest BCUT2D eigenvalue weighted by atomic mass is 9.74. The number of nitrogens with one attached hydrogen (secondary N) is 1. The van der Waals surface area contributed by atoms with Crippen molar-refractivity contribution in [3.05, 3.63) is 22.4 Å². The molecule has 1 fully saturated rings. The van der Waals surface area contributed by atoms with Gasteiger partial charge in [-0.15, -0.1) is 11.3 Å². The second-order valence-corrected chi connectivity index (χ2v) is 6.87. The van der Waals surface area contributed by atoms with E-state index in [0.29, 0.717) is 5.91 Å². The number of hydrogen-bond acceptors (Lipinski definition) is 3. The first-order chi connectivity index (χ1) is 9.68. The molecular formula is C16H26N2OS. The molecule has 4 heteroatoms. The summed E-state index contributed by atoms with van der Waals surface area (Å²) in [6.45, 7) is 4.97. The highest BCUT2D eigenvalue weighted by Crippen LogP contribution is 2.35. The summed E-state index contributed by atoms with van der Waals surface area (Å²) in [4.78, 5) is 16.2. The summed E-state index contributed by atoms with van der Waals surface area (Å²) >= 11 is 1.77. The summed E-state index contributed by atoms with van der Waals surface area (Å²) in [5.41, 5.74) is -0.107. The Morgan fingerprint density at radius 3 is 2.80 bits per heavy atom. The average molecular weight is 294 g/mol. The maximum absolute atomic E-state index is 12.9. The van der Waals surface area contributed by atoms with Gasteiger partial charge in [0.25, 0.3) is 0 Å². The van der Waals surface area contributed by atoms with Crippen molar-refractivity contribution in [1.82, 2.24) is 10.2 Å². The summed E-state index contributed by atoms with van der Waals surface area (Å²) in [5.74, 6) is 0.359. The summed E-state index contributed by atoms with van der Waals surface area (Å²) < 4.78 is 0. The van der Waals surface area contributed by atoms with Crippen LogP contribution in [-0.2, 0) is 11.2 Å². The number of hydrogen-bond donors (Lipinski definition) is 1. The first-order valence-corrected chi connectivity index (χ1v) is 8.54. The smallest absolute Gasteiger partial charge is 0.228 e. The minimum Gasteiger partial charge on any atom is -0.345 e. The van der Waals surface area contributed by atoms with Gasteiger partial charge in [-0.05, 0) is 50.2 Å². The molecule has 1 aromatic rings. The molecule has 0 unspecified atom stereocenters. The minimum atomic E-state index is -0.107. The van der Waals surface area contributed by atoms with Crippen LogP contribution in [-0.4, -0.2) is 37.5 Å². The van der Waals surface area contributed by atoms with Crippen LogP contribution in [0.3, 0.4) is 0 Å². The Bertz CT molecular complexity index is 405. The summed E-state index contributed by atoms with van der Waals surface area (Å²) in [6, 6.07) is 4.22. The van der Waals surface area contributed by atoms with E-state index < -0.39 is 0 Å². The molecule has 0 aromatic carbocycles. The number of amides is 1. The Labute approximate surface area is 126 Å². The van der Waals surface area contributed by atoms with E-state index in [4.69, 9.17) is 0 Å². The van der Waals surface area contributed by atoms with Crippen molar-refractivity contribution in [2.45, 2.75) is 39.0 Å². The van der Waals surface area contributed by atoms with Crippen LogP contribution in [0.15, 0.2) is 17.5 Å². The number of likely N-dealkylation sites (N-methyl/N-ethyl adjacent to an activating group) is 1. The highest BCUT2D eigenvalue weighted by molar-refractivity contribution is 7.09. The maximum Gasteiger partial charge on any atom is 0.228 e. The first kappa shape index (κ1) is 15.5. The van der Waals surface area contributed by atoms with E-state index in [1.807, 2.05) is 11.9 Å². The van der Waals surface area contributed by atoms with Crippen LogP contribution in [0.25, 0.3) is 0 Å². The van der Waals surface area contributed by atoms with E-state index in [0.717, 1.165) is 51.7 Å². The monoisotopic (exact) mass is 294 g/mol. The molecule has 1 aromatic heterocycles. The van der Waals surface area contributed by atoms with E-state index in [2.05, 4.69) is 29.8 Å². The lowest BCUT2D eigenvalue weighted by Gasteiger charge is -2.39. The molecule has 1 aliphatic rings. The molecule has 2 rings (SSSR count). The molecule has 20 heavy (non-hydrogen) atoms. The van der Waals surface area contributed by atoms with Gasteiger partial charge in [0.15, 0.2) is 0 Å². The second-order valence-electron chi connectivity index (χ2n) is 5.84. The zero-order chi connectivity index (χ0) is 14.4. The third-order valence-corrected chi connectivity index (χ3v) is 5.30. The van der Waals surface area contributed by atoms with Crippen molar-refractivity contribution >= 4 is 17.2 Å². The van der Waals surface area contributed by atoms with Crippen LogP contribution in [0.2, 0.25) is 0 Å². The van der Waals surface area contributed by atoms with Crippen molar-refractivity contribution in [2.24, 2.45) is 5.41 Å². The highest BCUT2D eigenvalue weighted by atomic mass is 32.1. The molecule has 1 amide bonds. The number of carbonyl (C=O) groups is 1. The van der Waals surface area contributed by atoms with E-state index in [1.165, 1.54) is 4.88 Å². The molecule has 0 aliphatic carbocycles. The standard InChI is InChI=1S/C16H26N2OS/c1-3-7-16(8-10-17-11-9-16)15(19)18(2)12-6-14-5-4-13-20-14/h4-5,13,17H,3,6-12H2,1-2H3. The van der Waals surface area contributed by atoms with E-state index >= 15 is 0 Å². The zero-order valence-corrected chi connectivity index (χ0v) is 13.5. The highest BCUT2D eigenvalue weighted by Gasteiger charge is 2.40. The molecule has 0 saturated carbocycles. The van der Waals surface area contributed by atoms with Crippen LogP contribution in [0, 0.1) is 5.41 Å². The van der Waals surface area contributed by atoms with Gasteiger partial charge in [-0.25, -0.2) is 0 Å². The number of thiophene rings is 1. The van der Waals surface area contributed by atoms with Crippen molar-refractivity contribution in [2.75, 3.05) is 26.7 Å². The van der Waals surface area contributed by atoms with Crippen LogP contribution >= 0.6 is 11.3 Å². The molecule has 0 atom stereocenters. The summed E-state index contributed by atoms with van der Waals surface area (Å²) in [5, 5.41) is 5.48. The topological polar surface area (TPSA) is 32.3 Å². The third kappa shape index (κ3) is 3.61. The van der Waals surface area contributed by atoms with Gasteiger partial charge in [0.05, 0.1) is 5.41 Å². The fourth-order valence-electron chi connectivity index (χ4n) is 3.19.